The molecule has 3 heterocycles. The van der Waals surface area contributed by atoms with Crippen LogP contribution in [0.25, 0.3) is 22.2 Å². The second-order valence-electron chi connectivity index (χ2n) is 8.17. The number of hydrogen-bond acceptors (Lipinski definition) is 5. The first-order valence-corrected chi connectivity index (χ1v) is 10.4. The van der Waals surface area contributed by atoms with Crippen LogP contribution in [0, 0.1) is 11.3 Å². The highest BCUT2D eigenvalue weighted by atomic mass is 19.4. The van der Waals surface area contributed by atoms with E-state index in [-0.39, 0.29) is 17.7 Å². The van der Waals surface area contributed by atoms with E-state index in [1.165, 1.54) is 19.0 Å². The first-order valence-electron chi connectivity index (χ1n) is 10.4. The first kappa shape index (κ1) is 19.8. The van der Waals surface area contributed by atoms with Gasteiger partial charge in [0.05, 0.1) is 17.3 Å². The number of aromatic amines is 1. The summed E-state index contributed by atoms with van der Waals surface area (Å²) in [5, 5.41) is 12.9. The number of nitrogens with zero attached hydrogens (tertiary/aromatic N) is 4. The Balaban J connectivity index is 1.51. The number of halogens is 3. The third-order valence-corrected chi connectivity index (χ3v) is 6.32. The van der Waals surface area contributed by atoms with Crippen LogP contribution in [-0.2, 0) is 6.18 Å². The fourth-order valence-electron chi connectivity index (χ4n) is 4.58. The second kappa shape index (κ2) is 7.54. The van der Waals surface area contributed by atoms with Crippen molar-refractivity contribution in [1.82, 2.24) is 19.9 Å². The molecule has 160 valence electrons. The Morgan fingerprint density at radius 2 is 2.00 bits per heavy atom. The maximum atomic E-state index is 13.7. The van der Waals surface area contributed by atoms with Crippen LogP contribution in [-0.4, -0.2) is 45.0 Å². The van der Waals surface area contributed by atoms with Crippen LogP contribution in [0.15, 0.2) is 30.6 Å². The maximum Gasteiger partial charge on any atom is 0.419 e. The van der Waals surface area contributed by atoms with Crippen molar-refractivity contribution in [2.24, 2.45) is 0 Å². The number of hydrogen-bond donors (Lipinski definition) is 2. The highest BCUT2D eigenvalue weighted by Crippen LogP contribution is 2.39. The number of aromatic nitrogens is 3. The molecule has 0 spiro atoms. The molecule has 0 amide bonds. The predicted molar refractivity (Wildman–Crippen MR) is 110 cm³/mol. The lowest BCUT2D eigenvalue weighted by Crippen LogP contribution is -2.53. The summed E-state index contributed by atoms with van der Waals surface area (Å²) in [5.74, 6) is 0.208. The fraction of sp³-hybridized carbons (Fsp3) is 0.409. The van der Waals surface area contributed by atoms with Gasteiger partial charge in [0.2, 0.25) is 5.95 Å². The summed E-state index contributed by atoms with van der Waals surface area (Å²) in [4.78, 5) is 13.7. The molecule has 1 aliphatic carbocycles. The molecular weight excluding hydrogens is 405 g/mol. The summed E-state index contributed by atoms with van der Waals surface area (Å²) in [6.45, 7) is 2.14. The first-order chi connectivity index (χ1) is 14.9. The van der Waals surface area contributed by atoms with Gasteiger partial charge >= 0.3 is 6.18 Å². The Morgan fingerprint density at radius 1 is 1.19 bits per heavy atom. The standard InChI is InChI=1S/C22H21F3N6/c23-22(24,25)16-12-28-21(29-17-5-6-19(17)31-7-1-2-8-31)30-20(16)15-11-27-18-9-13(10-26)3-4-14(15)18/h3-4,9,11-12,17,19,27H,1-2,5-8H2,(H,28,29,30)/t17-,19-/m0/s1. The average molecular weight is 426 g/mol. The zero-order valence-corrected chi connectivity index (χ0v) is 16.7. The molecule has 31 heavy (non-hydrogen) atoms. The minimum atomic E-state index is -4.58. The van der Waals surface area contributed by atoms with E-state index < -0.39 is 11.7 Å². The largest absolute Gasteiger partial charge is 0.419 e. The molecule has 1 saturated carbocycles. The van der Waals surface area contributed by atoms with E-state index in [1.54, 1.807) is 18.2 Å². The number of fused-ring (bicyclic) bond motifs is 1. The lowest BCUT2D eigenvalue weighted by molar-refractivity contribution is -0.137. The Bertz CT molecular complexity index is 1160. The highest BCUT2D eigenvalue weighted by molar-refractivity contribution is 5.96. The van der Waals surface area contributed by atoms with Gasteiger partial charge in [-0.3, -0.25) is 4.90 Å². The number of H-pyrrole nitrogens is 1. The van der Waals surface area contributed by atoms with Gasteiger partial charge in [0.15, 0.2) is 0 Å². The Kier molecular flexibility index (Phi) is 4.82. The number of alkyl halides is 3. The molecule has 2 aliphatic rings. The van der Waals surface area contributed by atoms with Crippen molar-refractivity contribution >= 4 is 16.9 Å². The average Bonchev–Trinajstić information content (AvgIpc) is 3.39. The minimum absolute atomic E-state index is 0.142. The van der Waals surface area contributed by atoms with Gasteiger partial charge in [-0.1, -0.05) is 6.07 Å². The summed E-state index contributed by atoms with van der Waals surface area (Å²) in [7, 11) is 0. The molecule has 2 aromatic heterocycles. The van der Waals surface area contributed by atoms with E-state index >= 15 is 0 Å². The highest BCUT2D eigenvalue weighted by Gasteiger charge is 2.39. The normalized spacial score (nSPS) is 21.7. The van der Waals surface area contributed by atoms with Crippen molar-refractivity contribution in [2.45, 2.75) is 43.9 Å². The van der Waals surface area contributed by atoms with E-state index in [1.807, 2.05) is 6.07 Å². The quantitative estimate of drug-likeness (QED) is 0.640. The van der Waals surface area contributed by atoms with Crippen LogP contribution in [0.1, 0.15) is 36.8 Å². The molecular formula is C22H21F3N6. The van der Waals surface area contributed by atoms with E-state index in [4.69, 9.17) is 5.26 Å². The number of rotatable bonds is 4. The third-order valence-electron chi connectivity index (χ3n) is 6.32. The molecule has 2 fully saturated rings. The van der Waals surface area contributed by atoms with E-state index in [9.17, 15) is 13.2 Å². The summed E-state index contributed by atoms with van der Waals surface area (Å²) < 4.78 is 41.2. The molecule has 9 heteroatoms. The predicted octanol–water partition coefficient (Wildman–Crippen LogP) is 4.55. The lowest BCUT2D eigenvalue weighted by atomic mass is 9.85. The molecule has 0 unspecified atom stereocenters. The summed E-state index contributed by atoms with van der Waals surface area (Å²) in [6.07, 6.45) is 2.19. The summed E-state index contributed by atoms with van der Waals surface area (Å²) >= 11 is 0. The molecule has 2 N–H and O–H groups in total. The lowest BCUT2D eigenvalue weighted by Gasteiger charge is -2.43. The van der Waals surface area contributed by atoms with Crippen molar-refractivity contribution in [2.75, 3.05) is 18.4 Å². The Hall–Kier alpha value is -3.12. The van der Waals surface area contributed by atoms with Crippen LogP contribution >= 0.6 is 0 Å². The van der Waals surface area contributed by atoms with E-state index in [0.29, 0.717) is 28.1 Å². The van der Waals surface area contributed by atoms with Crippen molar-refractivity contribution in [3.8, 4) is 17.3 Å². The Morgan fingerprint density at radius 3 is 2.68 bits per heavy atom. The van der Waals surface area contributed by atoms with Gasteiger partial charge in [-0.2, -0.15) is 18.4 Å². The van der Waals surface area contributed by atoms with Crippen molar-refractivity contribution in [1.29, 1.82) is 5.26 Å². The number of anilines is 1. The van der Waals surface area contributed by atoms with Crippen LogP contribution in [0.3, 0.4) is 0 Å². The molecule has 0 bridgehead atoms. The van der Waals surface area contributed by atoms with Crippen LogP contribution < -0.4 is 5.32 Å². The fourth-order valence-corrected chi connectivity index (χ4v) is 4.58. The van der Waals surface area contributed by atoms with E-state index in [0.717, 1.165) is 32.1 Å². The smallest absolute Gasteiger partial charge is 0.360 e. The molecule has 1 aliphatic heterocycles. The zero-order valence-electron chi connectivity index (χ0n) is 16.7. The van der Waals surface area contributed by atoms with Gasteiger partial charge in [0.1, 0.15) is 5.56 Å². The number of likely N-dealkylation sites (tertiary alicyclic amines) is 1. The second-order valence-corrected chi connectivity index (χ2v) is 8.17. The molecule has 5 rings (SSSR count). The zero-order chi connectivity index (χ0) is 21.6. The minimum Gasteiger partial charge on any atom is -0.360 e. The molecule has 0 radical (unpaired) electrons. The molecule has 6 nitrogen and oxygen atoms in total. The van der Waals surface area contributed by atoms with Crippen LogP contribution in [0.4, 0.5) is 19.1 Å². The van der Waals surface area contributed by atoms with Gasteiger partial charge in [-0.25, -0.2) is 9.97 Å². The number of nitrogens with one attached hydrogen (secondary N) is 2. The van der Waals surface area contributed by atoms with E-state index in [2.05, 4.69) is 25.2 Å². The van der Waals surface area contributed by atoms with Gasteiger partial charge in [0, 0.05) is 40.9 Å². The van der Waals surface area contributed by atoms with Gasteiger partial charge < -0.3 is 10.3 Å². The monoisotopic (exact) mass is 426 g/mol. The molecule has 1 aromatic carbocycles. The van der Waals surface area contributed by atoms with Crippen LogP contribution in [0.2, 0.25) is 0 Å². The summed E-state index contributed by atoms with van der Waals surface area (Å²) in [5.41, 5.74) is 0.302. The van der Waals surface area contributed by atoms with Gasteiger partial charge in [-0.15, -0.1) is 0 Å². The number of benzene rings is 1. The van der Waals surface area contributed by atoms with Crippen molar-refractivity contribution < 1.29 is 13.2 Å². The van der Waals surface area contributed by atoms with Crippen LogP contribution in [0.5, 0.6) is 0 Å². The van der Waals surface area contributed by atoms with Gasteiger partial charge in [-0.05, 0) is 50.9 Å². The van der Waals surface area contributed by atoms with Crippen molar-refractivity contribution in [3.63, 3.8) is 0 Å². The SMILES string of the molecule is N#Cc1ccc2c(-c3nc(N[C@H]4CC[C@@H]4N4CCCC4)ncc3C(F)(F)F)c[nH]c2c1. The topological polar surface area (TPSA) is 80.6 Å². The third kappa shape index (κ3) is 3.61. The van der Waals surface area contributed by atoms with Crippen molar-refractivity contribution in [3.05, 3.63) is 41.7 Å². The number of nitriles is 1. The molecule has 3 aromatic rings. The maximum absolute atomic E-state index is 13.7. The van der Waals surface area contributed by atoms with Gasteiger partial charge in [0.25, 0.3) is 0 Å². The Labute approximate surface area is 177 Å². The summed E-state index contributed by atoms with van der Waals surface area (Å²) in [6, 6.07) is 7.40. The molecule has 1 saturated heterocycles. The molecule has 2 atom stereocenters.